The van der Waals surface area contributed by atoms with Crippen LogP contribution in [0.15, 0.2) is 36.7 Å². The van der Waals surface area contributed by atoms with E-state index in [1.165, 1.54) is 0 Å². The molecular formula is C15H19N5O2. The van der Waals surface area contributed by atoms with E-state index in [0.29, 0.717) is 12.2 Å². The molecule has 22 heavy (non-hydrogen) atoms. The lowest BCUT2D eigenvalue weighted by Crippen LogP contribution is -2.38. The summed E-state index contributed by atoms with van der Waals surface area (Å²) in [7, 11) is 1.73. The van der Waals surface area contributed by atoms with Crippen molar-refractivity contribution in [3.63, 3.8) is 0 Å². The zero-order valence-corrected chi connectivity index (χ0v) is 12.6. The predicted molar refractivity (Wildman–Crippen MR) is 81.9 cm³/mol. The average molecular weight is 301 g/mol. The Morgan fingerprint density at radius 1 is 1.27 bits per heavy atom. The normalized spacial score (nSPS) is 11.7. The van der Waals surface area contributed by atoms with E-state index in [1.807, 2.05) is 25.1 Å². The Balaban J connectivity index is 2.00. The van der Waals surface area contributed by atoms with Gasteiger partial charge in [-0.15, -0.1) is 0 Å². The average Bonchev–Trinajstić information content (AvgIpc) is 2.92. The quantitative estimate of drug-likeness (QED) is 0.817. The molecule has 2 amide bonds. The minimum atomic E-state index is -0.740. The molecule has 0 bridgehead atoms. The Morgan fingerprint density at radius 2 is 2.09 bits per heavy atom. The third-order valence-electron chi connectivity index (χ3n) is 3.09. The second-order valence-electron chi connectivity index (χ2n) is 4.90. The number of amides is 2. The van der Waals surface area contributed by atoms with Gasteiger partial charge in [0.2, 0.25) is 0 Å². The fraction of sp³-hybridized carbons (Fsp3) is 0.333. The number of carbonyl (C=O) groups is 2. The Morgan fingerprint density at radius 3 is 2.68 bits per heavy atom. The van der Waals surface area contributed by atoms with E-state index in [9.17, 15) is 9.59 Å². The van der Waals surface area contributed by atoms with Gasteiger partial charge >= 0.3 is 11.8 Å². The zero-order valence-electron chi connectivity index (χ0n) is 12.6. The first-order valence-electron chi connectivity index (χ1n) is 7.12. The second-order valence-corrected chi connectivity index (χ2v) is 4.90. The molecule has 0 radical (unpaired) electrons. The van der Waals surface area contributed by atoms with E-state index in [1.54, 1.807) is 30.2 Å². The van der Waals surface area contributed by atoms with Crippen LogP contribution in [0.4, 0.5) is 5.82 Å². The molecule has 0 saturated heterocycles. The second kappa shape index (κ2) is 7.35. The third-order valence-corrected chi connectivity index (χ3v) is 3.09. The molecule has 0 saturated carbocycles. The monoisotopic (exact) mass is 301 g/mol. The van der Waals surface area contributed by atoms with E-state index in [2.05, 4.69) is 20.7 Å². The van der Waals surface area contributed by atoms with Crippen molar-refractivity contribution < 1.29 is 9.59 Å². The van der Waals surface area contributed by atoms with Crippen molar-refractivity contribution in [2.75, 3.05) is 5.32 Å². The maximum Gasteiger partial charge on any atom is 0.314 e. The topological polar surface area (TPSA) is 88.9 Å². The summed E-state index contributed by atoms with van der Waals surface area (Å²) in [5, 5.41) is 9.17. The summed E-state index contributed by atoms with van der Waals surface area (Å²) in [6.07, 6.45) is 4.92. The van der Waals surface area contributed by atoms with Gasteiger partial charge in [0.25, 0.3) is 0 Å². The van der Waals surface area contributed by atoms with Crippen LogP contribution < -0.4 is 10.6 Å². The number of nitrogens with one attached hydrogen (secondary N) is 2. The summed E-state index contributed by atoms with van der Waals surface area (Å²) in [4.78, 5) is 28.2. The number of rotatable bonds is 5. The van der Waals surface area contributed by atoms with Crippen molar-refractivity contribution >= 4 is 17.6 Å². The van der Waals surface area contributed by atoms with Crippen LogP contribution in [0.25, 0.3) is 0 Å². The summed E-state index contributed by atoms with van der Waals surface area (Å²) in [6, 6.07) is 6.82. The van der Waals surface area contributed by atoms with E-state index in [0.717, 1.165) is 12.1 Å². The van der Waals surface area contributed by atoms with Crippen molar-refractivity contribution in [2.45, 2.75) is 25.8 Å². The van der Waals surface area contributed by atoms with Crippen LogP contribution in [0.3, 0.4) is 0 Å². The molecule has 2 aromatic heterocycles. The highest BCUT2D eigenvalue weighted by atomic mass is 16.2. The molecule has 0 aliphatic heterocycles. The number of pyridine rings is 1. The first kappa shape index (κ1) is 15.7. The van der Waals surface area contributed by atoms with Crippen LogP contribution in [0.5, 0.6) is 0 Å². The molecule has 2 heterocycles. The fourth-order valence-electron chi connectivity index (χ4n) is 2.04. The Hall–Kier alpha value is -2.70. The number of nitrogens with zero attached hydrogens (tertiary/aromatic N) is 3. The van der Waals surface area contributed by atoms with Crippen LogP contribution in [-0.2, 0) is 16.6 Å². The van der Waals surface area contributed by atoms with Gasteiger partial charge in [-0.1, -0.05) is 19.4 Å². The Labute approximate surface area is 128 Å². The number of aromatic nitrogens is 3. The third kappa shape index (κ3) is 4.15. The molecule has 2 rings (SSSR count). The molecule has 2 N–H and O–H groups in total. The van der Waals surface area contributed by atoms with Gasteiger partial charge in [0.15, 0.2) is 5.82 Å². The molecule has 0 aliphatic rings. The number of anilines is 1. The zero-order chi connectivity index (χ0) is 15.9. The van der Waals surface area contributed by atoms with Gasteiger partial charge in [-0.05, 0) is 18.6 Å². The molecule has 0 aliphatic carbocycles. The minimum Gasteiger partial charge on any atom is -0.339 e. The SMILES string of the molecule is CCC[C@@H](NC(=O)C(=O)Nc1ccn(C)n1)c1ccccn1. The molecule has 7 nitrogen and oxygen atoms in total. The molecule has 0 aromatic carbocycles. The van der Waals surface area contributed by atoms with Crippen LogP contribution in [0.1, 0.15) is 31.5 Å². The number of hydrogen-bond acceptors (Lipinski definition) is 4. The van der Waals surface area contributed by atoms with Gasteiger partial charge < -0.3 is 10.6 Å². The lowest BCUT2D eigenvalue weighted by atomic mass is 10.1. The molecule has 116 valence electrons. The summed E-state index contributed by atoms with van der Waals surface area (Å²) < 4.78 is 1.54. The predicted octanol–water partition coefficient (Wildman–Crippen LogP) is 1.41. The van der Waals surface area contributed by atoms with Crippen molar-refractivity contribution in [1.82, 2.24) is 20.1 Å². The smallest absolute Gasteiger partial charge is 0.314 e. The molecule has 7 heteroatoms. The van der Waals surface area contributed by atoms with Crippen LogP contribution in [-0.4, -0.2) is 26.6 Å². The molecule has 0 spiro atoms. The summed E-state index contributed by atoms with van der Waals surface area (Å²) >= 11 is 0. The van der Waals surface area contributed by atoms with Gasteiger partial charge in [-0.3, -0.25) is 19.3 Å². The van der Waals surface area contributed by atoms with Crippen molar-refractivity contribution in [1.29, 1.82) is 0 Å². The number of aryl methyl sites for hydroxylation is 1. The molecule has 0 fully saturated rings. The van der Waals surface area contributed by atoms with E-state index in [4.69, 9.17) is 0 Å². The highest BCUT2D eigenvalue weighted by molar-refractivity contribution is 6.39. The first-order chi connectivity index (χ1) is 10.6. The standard InChI is InChI=1S/C15H19N5O2/c1-3-6-12(11-7-4-5-9-16-11)17-14(21)15(22)18-13-8-10-20(2)19-13/h4-5,7-10,12H,3,6H2,1-2H3,(H,17,21)(H,18,19,22)/t12-/m1/s1. The van der Waals surface area contributed by atoms with Crippen molar-refractivity contribution in [3.8, 4) is 0 Å². The van der Waals surface area contributed by atoms with Crippen molar-refractivity contribution in [3.05, 3.63) is 42.4 Å². The Kier molecular flexibility index (Phi) is 5.24. The van der Waals surface area contributed by atoms with Gasteiger partial charge in [0.05, 0.1) is 11.7 Å². The molecular weight excluding hydrogens is 282 g/mol. The lowest BCUT2D eigenvalue weighted by Gasteiger charge is -2.17. The summed E-state index contributed by atoms with van der Waals surface area (Å²) in [5.41, 5.74) is 0.739. The van der Waals surface area contributed by atoms with Gasteiger partial charge in [-0.2, -0.15) is 5.10 Å². The maximum absolute atomic E-state index is 12.0. The fourth-order valence-corrected chi connectivity index (χ4v) is 2.04. The Bertz CT molecular complexity index is 638. The van der Waals surface area contributed by atoms with Crippen LogP contribution in [0, 0.1) is 0 Å². The van der Waals surface area contributed by atoms with Crippen LogP contribution in [0.2, 0.25) is 0 Å². The minimum absolute atomic E-state index is 0.284. The maximum atomic E-state index is 12.0. The summed E-state index contributed by atoms with van der Waals surface area (Å²) in [6.45, 7) is 2.01. The van der Waals surface area contributed by atoms with Gasteiger partial charge in [-0.25, -0.2) is 0 Å². The number of hydrogen-bond donors (Lipinski definition) is 2. The van der Waals surface area contributed by atoms with Crippen molar-refractivity contribution in [2.24, 2.45) is 7.05 Å². The van der Waals surface area contributed by atoms with E-state index >= 15 is 0 Å². The number of carbonyl (C=O) groups excluding carboxylic acids is 2. The first-order valence-corrected chi connectivity index (χ1v) is 7.12. The van der Waals surface area contributed by atoms with Gasteiger partial charge in [0, 0.05) is 25.5 Å². The van der Waals surface area contributed by atoms with Crippen LogP contribution >= 0.6 is 0 Å². The highest BCUT2D eigenvalue weighted by Gasteiger charge is 2.20. The molecule has 1 atom stereocenters. The van der Waals surface area contributed by atoms with E-state index < -0.39 is 11.8 Å². The largest absolute Gasteiger partial charge is 0.339 e. The lowest BCUT2D eigenvalue weighted by molar-refractivity contribution is -0.136. The molecule has 0 unspecified atom stereocenters. The van der Waals surface area contributed by atoms with E-state index in [-0.39, 0.29) is 6.04 Å². The highest BCUT2D eigenvalue weighted by Crippen LogP contribution is 2.15. The summed E-state index contributed by atoms with van der Waals surface area (Å²) in [5.74, 6) is -1.10. The van der Waals surface area contributed by atoms with Gasteiger partial charge in [0.1, 0.15) is 0 Å². The molecule has 2 aromatic rings.